The van der Waals surface area contributed by atoms with Crippen molar-refractivity contribution in [2.24, 2.45) is 0 Å². The van der Waals surface area contributed by atoms with E-state index in [1.165, 1.54) is 11.1 Å². The summed E-state index contributed by atoms with van der Waals surface area (Å²) in [6.45, 7) is 12.6. The van der Waals surface area contributed by atoms with Gasteiger partial charge in [-0.1, -0.05) is 52.0 Å². The molecule has 0 aromatic heterocycles. The molecule has 0 bridgehead atoms. The second-order valence-electron chi connectivity index (χ2n) is 6.09. The van der Waals surface area contributed by atoms with Gasteiger partial charge in [-0.3, -0.25) is 0 Å². The van der Waals surface area contributed by atoms with Crippen molar-refractivity contribution in [2.45, 2.75) is 52.5 Å². The van der Waals surface area contributed by atoms with Gasteiger partial charge in [0.2, 0.25) is 0 Å². The molecule has 0 heterocycles. The molecule has 1 aromatic rings. The second kappa shape index (κ2) is 8.34. The van der Waals surface area contributed by atoms with Crippen molar-refractivity contribution in [3.63, 3.8) is 0 Å². The van der Waals surface area contributed by atoms with Crippen molar-refractivity contribution >= 4 is 0 Å². The summed E-state index contributed by atoms with van der Waals surface area (Å²) in [5, 5.41) is 3.46. The molecule has 0 atom stereocenters. The Morgan fingerprint density at radius 3 is 2.32 bits per heavy atom. The Labute approximate surface area is 118 Å². The topological polar surface area (TPSA) is 21.3 Å². The summed E-state index contributed by atoms with van der Waals surface area (Å²) in [5.74, 6) is 0. The van der Waals surface area contributed by atoms with Crippen LogP contribution >= 0.6 is 0 Å². The molecule has 0 amide bonds. The van der Waals surface area contributed by atoms with Crippen molar-refractivity contribution in [1.82, 2.24) is 5.32 Å². The van der Waals surface area contributed by atoms with Gasteiger partial charge >= 0.3 is 0 Å². The molecule has 0 aliphatic rings. The van der Waals surface area contributed by atoms with Crippen LogP contribution in [0.3, 0.4) is 0 Å². The Morgan fingerprint density at radius 1 is 1.05 bits per heavy atom. The number of hydrogen-bond acceptors (Lipinski definition) is 2. The summed E-state index contributed by atoms with van der Waals surface area (Å²) < 4.78 is 5.45. The van der Waals surface area contributed by atoms with Crippen molar-refractivity contribution < 1.29 is 4.74 Å². The Kier molecular flexibility index (Phi) is 7.11. The van der Waals surface area contributed by atoms with Crippen LogP contribution in [0.2, 0.25) is 0 Å². The zero-order valence-electron chi connectivity index (χ0n) is 13.0. The third-order valence-corrected chi connectivity index (χ3v) is 3.14. The minimum absolute atomic E-state index is 0.239. The second-order valence-corrected chi connectivity index (χ2v) is 6.09. The van der Waals surface area contributed by atoms with Crippen LogP contribution in [0.15, 0.2) is 24.3 Å². The van der Waals surface area contributed by atoms with E-state index in [9.17, 15) is 0 Å². The number of hydrogen-bond donors (Lipinski definition) is 1. The lowest BCUT2D eigenvalue weighted by molar-refractivity contribution is 0.132. The Balaban J connectivity index is 2.20. The predicted octanol–water partition coefficient (Wildman–Crippen LogP) is 3.89. The van der Waals surface area contributed by atoms with E-state index in [4.69, 9.17) is 4.74 Å². The van der Waals surface area contributed by atoms with Gasteiger partial charge in [-0.15, -0.1) is 0 Å². The van der Waals surface area contributed by atoms with E-state index >= 15 is 0 Å². The highest BCUT2D eigenvalue weighted by molar-refractivity contribution is 5.27. The first-order valence-corrected chi connectivity index (χ1v) is 7.42. The Hall–Kier alpha value is -0.860. The van der Waals surface area contributed by atoms with E-state index < -0.39 is 0 Å². The molecule has 0 aliphatic heterocycles. The molecule has 0 spiro atoms. The van der Waals surface area contributed by atoms with Gasteiger partial charge in [-0.05, 0) is 35.9 Å². The fourth-order valence-electron chi connectivity index (χ4n) is 1.90. The van der Waals surface area contributed by atoms with Gasteiger partial charge in [0.15, 0.2) is 0 Å². The number of rotatable bonds is 8. The molecule has 2 heteroatoms. The zero-order valence-corrected chi connectivity index (χ0v) is 13.0. The van der Waals surface area contributed by atoms with Crippen LogP contribution in [0.25, 0.3) is 0 Å². The van der Waals surface area contributed by atoms with Gasteiger partial charge in [0, 0.05) is 19.8 Å². The van der Waals surface area contributed by atoms with Crippen molar-refractivity contribution in [1.29, 1.82) is 0 Å². The molecule has 1 rings (SSSR count). The smallest absolute Gasteiger partial charge is 0.0478 e. The molecule has 0 saturated carbocycles. The molecule has 0 saturated heterocycles. The van der Waals surface area contributed by atoms with Gasteiger partial charge in [-0.25, -0.2) is 0 Å². The first kappa shape index (κ1) is 16.2. The number of ether oxygens (including phenoxy) is 1. The van der Waals surface area contributed by atoms with Crippen LogP contribution in [0.1, 0.15) is 51.7 Å². The van der Waals surface area contributed by atoms with E-state index in [1.807, 2.05) is 0 Å². The van der Waals surface area contributed by atoms with Crippen LogP contribution < -0.4 is 5.32 Å². The summed E-state index contributed by atoms with van der Waals surface area (Å²) in [6.07, 6.45) is 2.19. The lowest BCUT2D eigenvalue weighted by atomic mass is 9.87. The predicted molar refractivity (Wildman–Crippen MR) is 82.6 cm³/mol. The van der Waals surface area contributed by atoms with Crippen molar-refractivity contribution in [3.05, 3.63) is 35.4 Å². The molecule has 0 fully saturated rings. The first-order chi connectivity index (χ1) is 9.04. The first-order valence-electron chi connectivity index (χ1n) is 7.42. The maximum absolute atomic E-state index is 5.45. The van der Waals surface area contributed by atoms with Crippen LogP contribution in [-0.2, 0) is 16.7 Å². The van der Waals surface area contributed by atoms with Gasteiger partial charge in [0.05, 0.1) is 0 Å². The molecule has 0 unspecified atom stereocenters. The molecule has 108 valence electrons. The highest BCUT2D eigenvalue weighted by Crippen LogP contribution is 2.22. The van der Waals surface area contributed by atoms with Crippen molar-refractivity contribution in [2.75, 3.05) is 19.8 Å². The maximum atomic E-state index is 5.45. The van der Waals surface area contributed by atoms with Gasteiger partial charge in [0.25, 0.3) is 0 Å². The molecular weight excluding hydrogens is 234 g/mol. The molecular formula is C17H29NO. The average Bonchev–Trinajstić information content (AvgIpc) is 2.37. The van der Waals surface area contributed by atoms with Crippen LogP contribution in [-0.4, -0.2) is 19.8 Å². The highest BCUT2D eigenvalue weighted by Gasteiger charge is 2.12. The fourth-order valence-corrected chi connectivity index (χ4v) is 1.90. The Morgan fingerprint density at radius 2 is 1.74 bits per heavy atom. The fraction of sp³-hybridized carbons (Fsp3) is 0.647. The van der Waals surface area contributed by atoms with Gasteiger partial charge < -0.3 is 10.1 Å². The third kappa shape index (κ3) is 6.74. The lowest BCUT2D eigenvalue weighted by Gasteiger charge is -2.19. The van der Waals surface area contributed by atoms with E-state index in [0.717, 1.165) is 39.1 Å². The van der Waals surface area contributed by atoms with Gasteiger partial charge in [-0.2, -0.15) is 0 Å². The normalized spacial score (nSPS) is 11.8. The molecule has 1 N–H and O–H groups in total. The summed E-state index contributed by atoms with van der Waals surface area (Å²) in [4.78, 5) is 0. The molecule has 1 aromatic carbocycles. The van der Waals surface area contributed by atoms with E-state index in [0.29, 0.717) is 0 Å². The molecule has 2 nitrogen and oxygen atoms in total. The van der Waals surface area contributed by atoms with Crippen LogP contribution in [0.5, 0.6) is 0 Å². The minimum Gasteiger partial charge on any atom is -0.381 e. The quantitative estimate of drug-likeness (QED) is 0.718. The highest BCUT2D eigenvalue weighted by atomic mass is 16.5. The molecule has 0 aliphatic carbocycles. The minimum atomic E-state index is 0.239. The van der Waals surface area contributed by atoms with E-state index in [-0.39, 0.29) is 5.41 Å². The third-order valence-electron chi connectivity index (χ3n) is 3.14. The van der Waals surface area contributed by atoms with Crippen molar-refractivity contribution in [3.8, 4) is 0 Å². The van der Waals surface area contributed by atoms with E-state index in [2.05, 4.69) is 57.3 Å². The zero-order chi connectivity index (χ0) is 14.1. The average molecular weight is 263 g/mol. The SMILES string of the molecule is CCCOCCCNCc1ccc(C(C)(C)C)cc1. The van der Waals surface area contributed by atoms with Crippen LogP contribution in [0.4, 0.5) is 0 Å². The monoisotopic (exact) mass is 263 g/mol. The van der Waals surface area contributed by atoms with Gasteiger partial charge in [0.1, 0.15) is 0 Å². The van der Waals surface area contributed by atoms with E-state index in [1.54, 1.807) is 0 Å². The Bertz CT molecular complexity index is 337. The molecule has 19 heavy (non-hydrogen) atoms. The summed E-state index contributed by atoms with van der Waals surface area (Å²) in [7, 11) is 0. The summed E-state index contributed by atoms with van der Waals surface area (Å²) >= 11 is 0. The standard InChI is InChI=1S/C17H29NO/c1-5-12-19-13-6-11-18-14-15-7-9-16(10-8-15)17(2,3)4/h7-10,18H,5-6,11-14H2,1-4H3. The largest absolute Gasteiger partial charge is 0.381 e. The van der Waals surface area contributed by atoms with Crippen LogP contribution in [0, 0.1) is 0 Å². The summed E-state index contributed by atoms with van der Waals surface area (Å²) in [5.41, 5.74) is 2.98. The molecule has 0 radical (unpaired) electrons. The number of nitrogens with one attached hydrogen (secondary N) is 1. The number of benzene rings is 1. The maximum Gasteiger partial charge on any atom is 0.0478 e. The lowest BCUT2D eigenvalue weighted by Crippen LogP contribution is -2.17. The summed E-state index contributed by atoms with van der Waals surface area (Å²) in [6, 6.07) is 8.92.